The second-order valence-electron chi connectivity index (χ2n) is 6.41. The van der Waals surface area contributed by atoms with Gasteiger partial charge in [-0.25, -0.2) is 4.79 Å². The van der Waals surface area contributed by atoms with Crippen LogP contribution in [0.2, 0.25) is 5.02 Å². The molecule has 0 aliphatic carbocycles. The van der Waals surface area contributed by atoms with Gasteiger partial charge in [-0.3, -0.25) is 4.79 Å². The lowest BCUT2D eigenvalue weighted by molar-refractivity contribution is -0.125. The molecule has 0 saturated heterocycles. The fraction of sp³-hybridized carbons (Fsp3) is 0.200. The molecule has 0 fully saturated rings. The summed E-state index contributed by atoms with van der Waals surface area (Å²) < 4.78 is 0. The van der Waals surface area contributed by atoms with Crippen LogP contribution in [-0.2, 0) is 11.2 Å². The molecule has 0 saturated carbocycles. The summed E-state index contributed by atoms with van der Waals surface area (Å²) in [6, 6.07) is 16.5. The largest absolute Gasteiger partial charge is 0.333 e. The lowest BCUT2D eigenvalue weighted by Gasteiger charge is -2.26. The highest BCUT2D eigenvalue weighted by Crippen LogP contribution is 2.35. The molecule has 6 heteroatoms. The minimum Gasteiger partial charge on any atom is -0.333 e. The maximum atomic E-state index is 13.0. The van der Waals surface area contributed by atoms with Crippen molar-refractivity contribution in [3.8, 4) is 0 Å². The highest BCUT2D eigenvalue weighted by atomic mass is 35.5. The van der Waals surface area contributed by atoms with E-state index in [1.807, 2.05) is 48.5 Å². The summed E-state index contributed by atoms with van der Waals surface area (Å²) in [6.45, 7) is 1.01. The third-order valence-electron chi connectivity index (χ3n) is 4.75. The van der Waals surface area contributed by atoms with Crippen LogP contribution in [0.5, 0.6) is 0 Å². The van der Waals surface area contributed by atoms with Crippen molar-refractivity contribution in [1.82, 2.24) is 15.5 Å². The molecule has 2 N–H and O–H groups in total. The number of amides is 3. The Morgan fingerprint density at radius 2 is 1.77 bits per heavy atom. The zero-order valence-electron chi connectivity index (χ0n) is 14.0. The van der Waals surface area contributed by atoms with Gasteiger partial charge in [0.25, 0.3) is 5.91 Å². The van der Waals surface area contributed by atoms with Crippen LogP contribution in [0.25, 0.3) is 0 Å². The van der Waals surface area contributed by atoms with E-state index in [0.717, 1.165) is 12.0 Å². The van der Waals surface area contributed by atoms with Gasteiger partial charge in [0.1, 0.15) is 0 Å². The van der Waals surface area contributed by atoms with E-state index in [1.54, 1.807) is 11.0 Å². The quantitative estimate of drug-likeness (QED) is 0.872. The Bertz CT molecular complexity index is 895. The van der Waals surface area contributed by atoms with Crippen LogP contribution in [0.15, 0.2) is 65.9 Å². The molecule has 0 aromatic heterocycles. The van der Waals surface area contributed by atoms with Crippen molar-refractivity contribution in [1.29, 1.82) is 0 Å². The molecule has 26 heavy (non-hydrogen) atoms. The van der Waals surface area contributed by atoms with Crippen molar-refractivity contribution >= 4 is 23.5 Å². The number of nitrogens with one attached hydrogen (secondary N) is 2. The van der Waals surface area contributed by atoms with E-state index in [4.69, 9.17) is 11.6 Å². The Morgan fingerprint density at radius 3 is 2.54 bits per heavy atom. The third kappa shape index (κ3) is 3.06. The summed E-state index contributed by atoms with van der Waals surface area (Å²) in [4.78, 5) is 26.8. The molecule has 0 spiro atoms. The molecule has 2 aliphatic heterocycles. The Morgan fingerprint density at radius 1 is 1.04 bits per heavy atom. The fourth-order valence-electron chi connectivity index (χ4n) is 3.46. The Labute approximate surface area is 156 Å². The number of hydrogen-bond donors (Lipinski definition) is 2. The van der Waals surface area contributed by atoms with Crippen molar-refractivity contribution < 1.29 is 9.59 Å². The van der Waals surface area contributed by atoms with E-state index < -0.39 is 6.04 Å². The number of carbonyl (C=O) groups is 2. The maximum Gasteiger partial charge on any atom is 0.319 e. The number of hydrogen-bond acceptors (Lipinski definition) is 2. The number of carbonyl (C=O) groups excluding carboxylic acids is 2. The lowest BCUT2D eigenvalue weighted by atomic mass is 9.96. The Balaban J connectivity index is 1.57. The average Bonchev–Trinajstić information content (AvgIpc) is 2.96. The normalized spacial score (nSPS) is 19.3. The van der Waals surface area contributed by atoms with E-state index in [0.29, 0.717) is 29.4 Å². The van der Waals surface area contributed by atoms with E-state index in [-0.39, 0.29) is 11.9 Å². The minimum atomic E-state index is -0.526. The molecule has 132 valence electrons. The highest BCUT2D eigenvalue weighted by molar-refractivity contribution is 6.31. The number of halogens is 1. The van der Waals surface area contributed by atoms with Gasteiger partial charge in [-0.15, -0.1) is 0 Å². The smallest absolute Gasteiger partial charge is 0.319 e. The molecule has 2 aliphatic rings. The van der Waals surface area contributed by atoms with Crippen LogP contribution in [0.4, 0.5) is 4.79 Å². The van der Waals surface area contributed by atoms with Gasteiger partial charge in [-0.1, -0.05) is 60.1 Å². The van der Waals surface area contributed by atoms with Crippen molar-refractivity contribution in [2.24, 2.45) is 0 Å². The maximum absolute atomic E-state index is 13.0. The summed E-state index contributed by atoms with van der Waals surface area (Å²) >= 11 is 6.30. The van der Waals surface area contributed by atoms with Gasteiger partial charge in [0.15, 0.2) is 0 Å². The van der Waals surface area contributed by atoms with Gasteiger partial charge in [0.05, 0.1) is 23.9 Å². The molecule has 2 aromatic rings. The number of nitrogens with zero attached hydrogens (tertiary/aromatic N) is 1. The Hall–Kier alpha value is -2.79. The van der Waals surface area contributed by atoms with Gasteiger partial charge in [0.2, 0.25) is 0 Å². The first-order chi connectivity index (χ1) is 12.6. The summed E-state index contributed by atoms with van der Waals surface area (Å²) in [5.74, 6) is -0.0617. The standard InChI is InChI=1S/C20H18ClN3O2/c21-15-9-5-4-8-14(15)18-17-16(22-20(26)23-18)12-24(19(17)25)11-10-13-6-2-1-3-7-13/h1-9,18H,10-12H2,(H2,22,23,26)/t18-/m0/s1. The van der Waals surface area contributed by atoms with Crippen LogP contribution >= 0.6 is 11.6 Å². The zero-order chi connectivity index (χ0) is 18.1. The first kappa shape index (κ1) is 16.7. The van der Waals surface area contributed by atoms with Crippen LogP contribution in [0.1, 0.15) is 17.2 Å². The van der Waals surface area contributed by atoms with Gasteiger partial charge in [-0.05, 0) is 23.6 Å². The molecule has 2 heterocycles. The summed E-state index contributed by atoms with van der Waals surface area (Å²) in [5, 5.41) is 6.14. The Kier molecular flexibility index (Phi) is 4.39. The summed E-state index contributed by atoms with van der Waals surface area (Å²) in [5.41, 5.74) is 3.15. The summed E-state index contributed by atoms with van der Waals surface area (Å²) in [7, 11) is 0. The van der Waals surface area contributed by atoms with Crippen molar-refractivity contribution in [3.63, 3.8) is 0 Å². The number of urea groups is 1. The van der Waals surface area contributed by atoms with E-state index in [9.17, 15) is 9.59 Å². The van der Waals surface area contributed by atoms with E-state index in [2.05, 4.69) is 10.6 Å². The van der Waals surface area contributed by atoms with Gasteiger partial charge >= 0.3 is 6.03 Å². The number of benzene rings is 2. The molecule has 4 rings (SSSR count). The van der Waals surface area contributed by atoms with Gasteiger partial charge in [0, 0.05) is 11.6 Å². The molecule has 1 atom stereocenters. The average molecular weight is 368 g/mol. The van der Waals surface area contributed by atoms with Crippen LogP contribution in [0, 0.1) is 0 Å². The van der Waals surface area contributed by atoms with Crippen molar-refractivity contribution in [2.75, 3.05) is 13.1 Å². The van der Waals surface area contributed by atoms with E-state index in [1.165, 1.54) is 5.56 Å². The third-order valence-corrected chi connectivity index (χ3v) is 5.09. The molecular formula is C20H18ClN3O2. The van der Waals surface area contributed by atoms with Gasteiger partial charge in [-0.2, -0.15) is 0 Å². The SMILES string of the molecule is O=C1NC2=C(C(=O)N(CCc3ccccc3)C2)[C@H](c2ccccc2Cl)N1. The van der Waals surface area contributed by atoms with Gasteiger partial charge < -0.3 is 15.5 Å². The predicted molar refractivity (Wildman–Crippen MR) is 99.6 cm³/mol. The van der Waals surface area contributed by atoms with Crippen LogP contribution < -0.4 is 10.6 Å². The summed E-state index contributed by atoms with van der Waals surface area (Å²) in [6.07, 6.45) is 0.769. The highest BCUT2D eigenvalue weighted by Gasteiger charge is 2.40. The molecule has 5 nitrogen and oxygen atoms in total. The van der Waals surface area contributed by atoms with Crippen molar-refractivity contribution in [3.05, 3.63) is 82.0 Å². The number of rotatable bonds is 4. The molecule has 0 bridgehead atoms. The fourth-order valence-corrected chi connectivity index (χ4v) is 3.70. The molecule has 0 unspecified atom stereocenters. The van der Waals surface area contributed by atoms with Crippen LogP contribution in [-0.4, -0.2) is 29.9 Å². The second-order valence-corrected chi connectivity index (χ2v) is 6.81. The van der Waals surface area contributed by atoms with E-state index >= 15 is 0 Å². The predicted octanol–water partition coefficient (Wildman–Crippen LogP) is 3.03. The molecule has 0 radical (unpaired) electrons. The topological polar surface area (TPSA) is 61.4 Å². The monoisotopic (exact) mass is 367 g/mol. The van der Waals surface area contributed by atoms with Crippen molar-refractivity contribution in [2.45, 2.75) is 12.5 Å². The molecule has 2 aromatic carbocycles. The first-order valence-electron chi connectivity index (χ1n) is 8.51. The zero-order valence-corrected chi connectivity index (χ0v) is 14.8. The lowest BCUT2D eigenvalue weighted by Crippen LogP contribution is -2.44. The first-order valence-corrected chi connectivity index (χ1v) is 8.89. The minimum absolute atomic E-state index is 0.0617. The molecule has 3 amide bonds. The molecular weight excluding hydrogens is 350 g/mol. The second kappa shape index (κ2) is 6.84. The van der Waals surface area contributed by atoms with Crippen LogP contribution in [0.3, 0.4) is 0 Å².